The molecule has 10 heteroatoms. The number of aromatic nitrogens is 1. The highest BCUT2D eigenvalue weighted by atomic mass is 35.5. The van der Waals surface area contributed by atoms with E-state index in [4.69, 9.17) is 16.3 Å². The number of hydrogen-bond acceptors (Lipinski definition) is 7. The highest BCUT2D eigenvalue weighted by molar-refractivity contribution is 6.30. The average molecular weight is 543 g/mol. The largest absolute Gasteiger partial charge is 0.395 e. The number of pyridine rings is 1. The summed E-state index contributed by atoms with van der Waals surface area (Å²) in [6.07, 6.45) is 1.61. The number of nitrogens with one attached hydrogen (secondary N) is 1. The third kappa shape index (κ3) is 7.41. The number of aliphatic hydroxyl groups is 2. The summed E-state index contributed by atoms with van der Waals surface area (Å²) in [4.78, 5) is 31.0. The monoisotopic (exact) mass is 542 g/mol. The Morgan fingerprint density at radius 1 is 1.00 bits per heavy atom. The van der Waals surface area contributed by atoms with Crippen LogP contribution in [0.2, 0.25) is 5.02 Å². The summed E-state index contributed by atoms with van der Waals surface area (Å²) < 4.78 is 7.36. The molecule has 2 aromatic carbocycles. The van der Waals surface area contributed by atoms with Crippen molar-refractivity contribution < 1.29 is 19.7 Å². The second kappa shape index (κ2) is 13.8. The van der Waals surface area contributed by atoms with Crippen molar-refractivity contribution in [2.24, 2.45) is 0 Å². The van der Waals surface area contributed by atoms with Crippen LogP contribution < -0.4 is 10.7 Å². The molecular weight excluding hydrogens is 508 g/mol. The van der Waals surface area contributed by atoms with Gasteiger partial charge in [-0.15, -0.1) is 0 Å². The molecule has 0 spiro atoms. The van der Waals surface area contributed by atoms with Gasteiger partial charge in [-0.2, -0.15) is 0 Å². The summed E-state index contributed by atoms with van der Waals surface area (Å²) in [7, 11) is 0. The molecule has 9 nitrogen and oxygen atoms in total. The van der Waals surface area contributed by atoms with Gasteiger partial charge in [0.25, 0.3) is 5.91 Å². The number of morpholine rings is 1. The summed E-state index contributed by atoms with van der Waals surface area (Å²) in [5, 5.41) is 22.7. The Hall–Kier alpha value is -2.79. The number of carbonyl (C=O) groups is 1. The van der Waals surface area contributed by atoms with Gasteiger partial charge < -0.3 is 24.8 Å². The Bertz CT molecular complexity index is 1270. The lowest BCUT2D eigenvalue weighted by atomic mass is 10.1. The minimum Gasteiger partial charge on any atom is -0.395 e. The van der Waals surface area contributed by atoms with Gasteiger partial charge in [-0.3, -0.25) is 19.4 Å². The topological polar surface area (TPSA) is 107 Å². The standard InChI is InChI=1S/C28H35ClN4O5/c29-23-4-1-21(2-5-23)18-30-28(37)25-20-33(8-7-31(9-13-34)10-14-35)26-6-3-22(17-24(26)27(25)36)19-32-11-15-38-16-12-32/h1-6,17,20,34-35H,7-16,18-19H2,(H,30,37). The molecule has 0 unspecified atom stereocenters. The van der Waals surface area contributed by atoms with E-state index in [1.165, 1.54) is 0 Å². The lowest BCUT2D eigenvalue weighted by Gasteiger charge is -2.26. The van der Waals surface area contributed by atoms with Crippen LogP contribution in [-0.4, -0.2) is 89.6 Å². The van der Waals surface area contributed by atoms with Crippen LogP contribution >= 0.6 is 11.6 Å². The molecule has 2 heterocycles. The summed E-state index contributed by atoms with van der Waals surface area (Å²) in [5.74, 6) is -0.443. The molecule has 3 N–H and O–H groups in total. The van der Waals surface area contributed by atoms with Gasteiger partial charge in [0.1, 0.15) is 5.56 Å². The van der Waals surface area contributed by atoms with Crippen molar-refractivity contribution in [3.8, 4) is 0 Å². The number of nitrogens with zero attached hydrogens (tertiary/aromatic N) is 3. The number of amides is 1. The lowest BCUT2D eigenvalue weighted by Crippen LogP contribution is -2.35. The summed E-state index contributed by atoms with van der Waals surface area (Å²) in [6, 6.07) is 13.0. The fraction of sp³-hybridized carbons (Fsp3) is 0.429. The van der Waals surface area contributed by atoms with E-state index in [1.54, 1.807) is 18.3 Å². The molecule has 1 saturated heterocycles. The molecular formula is C28H35ClN4O5. The van der Waals surface area contributed by atoms with E-state index in [0.29, 0.717) is 56.3 Å². The maximum atomic E-state index is 13.6. The molecule has 4 rings (SSSR count). The Balaban J connectivity index is 1.64. The van der Waals surface area contributed by atoms with Gasteiger partial charge in [-0.25, -0.2) is 0 Å². The Morgan fingerprint density at radius 3 is 2.37 bits per heavy atom. The first kappa shape index (κ1) is 28.2. The highest BCUT2D eigenvalue weighted by Gasteiger charge is 2.18. The molecule has 0 atom stereocenters. The SMILES string of the molecule is O=C(NCc1ccc(Cl)cc1)c1cn(CCN(CCO)CCO)c2ccc(CN3CCOCC3)cc2c1=O. The predicted octanol–water partition coefficient (Wildman–Crippen LogP) is 1.70. The number of benzene rings is 2. The molecule has 1 aliphatic rings. The zero-order valence-electron chi connectivity index (χ0n) is 21.4. The second-order valence-electron chi connectivity index (χ2n) is 9.40. The molecule has 1 aromatic heterocycles. The maximum absolute atomic E-state index is 13.6. The molecule has 0 bridgehead atoms. The first-order valence-corrected chi connectivity index (χ1v) is 13.3. The van der Waals surface area contributed by atoms with Crippen molar-refractivity contribution in [2.45, 2.75) is 19.6 Å². The maximum Gasteiger partial charge on any atom is 0.257 e. The van der Waals surface area contributed by atoms with Crippen molar-refractivity contribution in [3.63, 3.8) is 0 Å². The van der Waals surface area contributed by atoms with Gasteiger partial charge >= 0.3 is 0 Å². The van der Waals surface area contributed by atoms with Crippen molar-refractivity contribution >= 4 is 28.4 Å². The second-order valence-corrected chi connectivity index (χ2v) is 9.84. The summed E-state index contributed by atoms with van der Waals surface area (Å²) in [6.45, 7) is 5.86. The van der Waals surface area contributed by atoms with E-state index >= 15 is 0 Å². The quantitative estimate of drug-likeness (QED) is 0.320. The minimum absolute atomic E-state index is 0.0197. The summed E-state index contributed by atoms with van der Waals surface area (Å²) in [5.41, 5.74) is 2.38. The van der Waals surface area contributed by atoms with Crippen LogP contribution in [0.5, 0.6) is 0 Å². The molecule has 1 amide bonds. The van der Waals surface area contributed by atoms with Crippen molar-refractivity contribution in [3.05, 3.63) is 80.6 Å². The van der Waals surface area contributed by atoms with Crippen molar-refractivity contribution in [2.75, 3.05) is 59.2 Å². The molecule has 204 valence electrons. The van der Waals surface area contributed by atoms with E-state index in [1.807, 2.05) is 39.8 Å². The molecule has 38 heavy (non-hydrogen) atoms. The Kier molecular flexibility index (Phi) is 10.3. The number of aliphatic hydroxyl groups excluding tert-OH is 2. The number of ether oxygens (including phenoxy) is 1. The summed E-state index contributed by atoms with van der Waals surface area (Å²) >= 11 is 5.96. The third-order valence-electron chi connectivity index (χ3n) is 6.76. The first-order valence-electron chi connectivity index (χ1n) is 12.9. The predicted molar refractivity (Wildman–Crippen MR) is 148 cm³/mol. The van der Waals surface area contributed by atoms with Gasteiger partial charge in [-0.05, 0) is 35.4 Å². The van der Waals surface area contributed by atoms with Crippen molar-refractivity contribution in [1.29, 1.82) is 0 Å². The number of carbonyl (C=O) groups excluding carboxylic acids is 1. The van der Waals surface area contributed by atoms with Crippen LogP contribution in [0.25, 0.3) is 10.9 Å². The van der Waals surface area contributed by atoms with Crippen LogP contribution in [-0.2, 0) is 24.4 Å². The number of halogens is 1. The molecule has 0 radical (unpaired) electrons. The van der Waals surface area contributed by atoms with Crippen LogP contribution in [0.1, 0.15) is 21.5 Å². The number of hydrogen-bond donors (Lipinski definition) is 3. The van der Waals surface area contributed by atoms with Gasteiger partial charge in [0, 0.05) is 69.0 Å². The van der Waals surface area contributed by atoms with E-state index < -0.39 is 5.91 Å². The third-order valence-corrected chi connectivity index (χ3v) is 7.01. The van der Waals surface area contributed by atoms with Gasteiger partial charge in [0.2, 0.25) is 5.43 Å². The first-order chi connectivity index (χ1) is 18.5. The molecule has 3 aromatic rings. The fourth-order valence-corrected chi connectivity index (χ4v) is 4.78. The normalized spacial score (nSPS) is 14.3. The highest BCUT2D eigenvalue weighted by Crippen LogP contribution is 2.17. The van der Waals surface area contributed by atoms with E-state index in [9.17, 15) is 19.8 Å². The van der Waals surface area contributed by atoms with Crippen LogP contribution in [0, 0.1) is 0 Å². The smallest absolute Gasteiger partial charge is 0.257 e. The molecule has 1 aliphatic heterocycles. The Morgan fingerprint density at radius 2 is 1.68 bits per heavy atom. The Labute approximate surface area is 227 Å². The molecule has 1 fully saturated rings. The zero-order chi connectivity index (χ0) is 26.9. The van der Waals surface area contributed by atoms with Crippen LogP contribution in [0.3, 0.4) is 0 Å². The van der Waals surface area contributed by atoms with E-state index in [2.05, 4.69) is 10.2 Å². The number of rotatable bonds is 12. The van der Waals surface area contributed by atoms with E-state index in [-0.39, 0.29) is 30.8 Å². The lowest BCUT2D eigenvalue weighted by molar-refractivity contribution is 0.0342. The van der Waals surface area contributed by atoms with E-state index in [0.717, 1.165) is 29.7 Å². The zero-order valence-corrected chi connectivity index (χ0v) is 22.2. The molecule has 0 aliphatic carbocycles. The molecule has 0 saturated carbocycles. The van der Waals surface area contributed by atoms with Crippen LogP contribution in [0.4, 0.5) is 0 Å². The van der Waals surface area contributed by atoms with Gasteiger partial charge in [0.05, 0.1) is 31.9 Å². The number of fused-ring (bicyclic) bond motifs is 1. The van der Waals surface area contributed by atoms with Crippen LogP contribution in [0.15, 0.2) is 53.5 Å². The van der Waals surface area contributed by atoms with Gasteiger partial charge in [0.15, 0.2) is 0 Å². The average Bonchev–Trinajstić information content (AvgIpc) is 2.93. The minimum atomic E-state index is -0.443. The fourth-order valence-electron chi connectivity index (χ4n) is 4.65. The van der Waals surface area contributed by atoms with Gasteiger partial charge in [-0.1, -0.05) is 29.8 Å². The van der Waals surface area contributed by atoms with Crippen molar-refractivity contribution in [1.82, 2.24) is 19.7 Å².